The van der Waals surface area contributed by atoms with Crippen LogP contribution in [0.4, 0.5) is 5.95 Å². The SMILES string of the molecule is NNC(=O)CCCCSc1n[nH]c(N)n1. The van der Waals surface area contributed by atoms with E-state index in [9.17, 15) is 4.79 Å². The molecular weight excluding hydrogens is 216 g/mol. The van der Waals surface area contributed by atoms with Gasteiger partial charge in [0.2, 0.25) is 17.0 Å². The normalized spacial score (nSPS) is 10.2. The van der Waals surface area contributed by atoms with Crippen molar-refractivity contribution in [2.75, 3.05) is 11.5 Å². The number of aromatic nitrogens is 3. The molecule has 84 valence electrons. The van der Waals surface area contributed by atoms with E-state index in [1.807, 2.05) is 0 Å². The number of hydrogen-bond donors (Lipinski definition) is 4. The number of H-pyrrole nitrogens is 1. The molecule has 8 heteroatoms. The van der Waals surface area contributed by atoms with Crippen molar-refractivity contribution in [3.05, 3.63) is 0 Å². The van der Waals surface area contributed by atoms with Gasteiger partial charge in [0, 0.05) is 12.2 Å². The number of aromatic amines is 1. The van der Waals surface area contributed by atoms with Gasteiger partial charge in [-0.25, -0.2) is 10.9 Å². The Morgan fingerprint density at radius 3 is 2.93 bits per heavy atom. The summed E-state index contributed by atoms with van der Waals surface area (Å²) in [6, 6.07) is 0. The zero-order chi connectivity index (χ0) is 11.1. The summed E-state index contributed by atoms with van der Waals surface area (Å²) >= 11 is 1.50. The van der Waals surface area contributed by atoms with Crippen molar-refractivity contribution in [3.63, 3.8) is 0 Å². The molecule has 0 unspecified atom stereocenters. The number of amides is 1. The number of unbranched alkanes of at least 4 members (excludes halogenated alkanes) is 1. The van der Waals surface area contributed by atoms with Crippen LogP contribution in [0.15, 0.2) is 5.16 Å². The number of nitrogens with two attached hydrogens (primary N) is 2. The maximum absolute atomic E-state index is 10.8. The van der Waals surface area contributed by atoms with Crippen molar-refractivity contribution in [2.45, 2.75) is 24.4 Å². The molecule has 1 aromatic rings. The van der Waals surface area contributed by atoms with Gasteiger partial charge in [-0.3, -0.25) is 10.2 Å². The first kappa shape index (κ1) is 11.8. The number of rotatable bonds is 6. The van der Waals surface area contributed by atoms with E-state index in [1.165, 1.54) is 11.8 Å². The Morgan fingerprint density at radius 1 is 1.53 bits per heavy atom. The Morgan fingerprint density at radius 2 is 2.33 bits per heavy atom. The van der Waals surface area contributed by atoms with Crippen LogP contribution in [-0.2, 0) is 4.79 Å². The van der Waals surface area contributed by atoms with Crippen LogP contribution >= 0.6 is 11.8 Å². The van der Waals surface area contributed by atoms with Gasteiger partial charge >= 0.3 is 0 Å². The lowest BCUT2D eigenvalue weighted by Crippen LogP contribution is -2.29. The molecule has 0 aromatic carbocycles. The van der Waals surface area contributed by atoms with E-state index in [0.29, 0.717) is 17.5 Å². The molecule has 0 spiro atoms. The Hall–Kier alpha value is -1.28. The minimum Gasteiger partial charge on any atom is -0.368 e. The van der Waals surface area contributed by atoms with E-state index in [-0.39, 0.29) is 5.91 Å². The van der Waals surface area contributed by atoms with Gasteiger partial charge in [-0.1, -0.05) is 11.8 Å². The van der Waals surface area contributed by atoms with Crippen molar-refractivity contribution >= 4 is 23.6 Å². The lowest BCUT2D eigenvalue weighted by molar-refractivity contribution is -0.121. The minimum absolute atomic E-state index is 0.137. The third-order valence-electron chi connectivity index (χ3n) is 1.67. The highest BCUT2D eigenvalue weighted by Crippen LogP contribution is 2.14. The predicted molar refractivity (Wildman–Crippen MR) is 57.7 cm³/mol. The first-order valence-corrected chi connectivity index (χ1v) is 5.51. The van der Waals surface area contributed by atoms with Crippen LogP contribution in [0.5, 0.6) is 0 Å². The van der Waals surface area contributed by atoms with Crippen LogP contribution in [0, 0.1) is 0 Å². The molecule has 7 nitrogen and oxygen atoms in total. The molecule has 1 rings (SSSR count). The molecule has 15 heavy (non-hydrogen) atoms. The highest BCUT2D eigenvalue weighted by atomic mass is 32.2. The third kappa shape index (κ3) is 4.66. The summed E-state index contributed by atoms with van der Waals surface area (Å²) in [5.41, 5.74) is 7.44. The smallest absolute Gasteiger partial charge is 0.233 e. The van der Waals surface area contributed by atoms with Crippen LogP contribution in [-0.4, -0.2) is 26.8 Å². The summed E-state index contributed by atoms with van der Waals surface area (Å²) in [7, 11) is 0. The quantitative estimate of drug-likeness (QED) is 0.174. The maximum Gasteiger partial charge on any atom is 0.233 e. The summed E-state index contributed by atoms with van der Waals surface area (Å²) in [6.07, 6.45) is 2.16. The molecule has 0 aliphatic rings. The van der Waals surface area contributed by atoms with Gasteiger partial charge in [-0.2, -0.15) is 4.98 Å². The average molecular weight is 230 g/mol. The number of hydrazine groups is 1. The summed E-state index contributed by atoms with van der Waals surface area (Å²) < 4.78 is 0. The summed E-state index contributed by atoms with van der Waals surface area (Å²) in [6.45, 7) is 0. The standard InChI is InChI=1S/C7H14N6OS/c8-6-10-7(13-12-6)15-4-2-1-3-5(14)11-9/h1-4,9H2,(H,11,14)(H3,8,10,12,13). The van der Waals surface area contributed by atoms with E-state index in [1.54, 1.807) is 0 Å². The summed E-state index contributed by atoms with van der Waals surface area (Å²) in [5, 5.41) is 7.05. The first-order chi connectivity index (χ1) is 7.22. The molecule has 0 aliphatic carbocycles. The van der Waals surface area contributed by atoms with Crippen LogP contribution in [0.1, 0.15) is 19.3 Å². The fraction of sp³-hybridized carbons (Fsp3) is 0.571. The number of thioether (sulfide) groups is 1. The molecule has 0 saturated carbocycles. The first-order valence-electron chi connectivity index (χ1n) is 4.52. The van der Waals surface area contributed by atoms with E-state index in [2.05, 4.69) is 20.6 Å². The Labute approximate surface area is 91.4 Å². The van der Waals surface area contributed by atoms with Crippen molar-refractivity contribution in [3.8, 4) is 0 Å². The molecule has 1 amide bonds. The molecule has 0 radical (unpaired) electrons. The lowest BCUT2D eigenvalue weighted by Gasteiger charge is -1.98. The second-order valence-electron chi connectivity index (χ2n) is 2.88. The fourth-order valence-corrected chi connectivity index (χ4v) is 1.75. The van der Waals surface area contributed by atoms with Crippen LogP contribution in [0.3, 0.4) is 0 Å². The second kappa shape index (κ2) is 6.25. The highest BCUT2D eigenvalue weighted by Gasteiger charge is 2.01. The molecule has 0 aliphatic heterocycles. The molecule has 0 saturated heterocycles. The number of carbonyl (C=O) groups excluding carboxylic acids is 1. The molecule has 1 heterocycles. The zero-order valence-electron chi connectivity index (χ0n) is 8.19. The average Bonchev–Trinajstić information content (AvgIpc) is 2.63. The van der Waals surface area contributed by atoms with Gasteiger partial charge in [0.1, 0.15) is 0 Å². The van der Waals surface area contributed by atoms with Crippen LogP contribution in [0.25, 0.3) is 0 Å². The number of carbonyl (C=O) groups is 1. The number of nitrogens with one attached hydrogen (secondary N) is 2. The molecule has 0 bridgehead atoms. The largest absolute Gasteiger partial charge is 0.368 e. The molecular formula is C7H14N6OS. The second-order valence-corrected chi connectivity index (χ2v) is 3.94. The van der Waals surface area contributed by atoms with Gasteiger partial charge in [0.15, 0.2) is 0 Å². The van der Waals surface area contributed by atoms with Gasteiger partial charge in [0.25, 0.3) is 0 Å². The third-order valence-corrected chi connectivity index (χ3v) is 2.61. The Kier molecular flexibility index (Phi) is 4.91. The number of nitrogens with zero attached hydrogens (tertiary/aromatic N) is 2. The van der Waals surface area contributed by atoms with E-state index >= 15 is 0 Å². The Bertz CT molecular complexity index is 314. The van der Waals surface area contributed by atoms with Crippen molar-refractivity contribution in [1.29, 1.82) is 0 Å². The fourth-order valence-electron chi connectivity index (χ4n) is 0.946. The number of hydrogen-bond acceptors (Lipinski definition) is 6. The summed E-state index contributed by atoms with van der Waals surface area (Å²) in [5.74, 6) is 5.98. The van der Waals surface area contributed by atoms with Crippen LogP contribution < -0.4 is 17.0 Å². The zero-order valence-corrected chi connectivity index (χ0v) is 9.01. The van der Waals surface area contributed by atoms with Gasteiger partial charge < -0.3 is 5.73 Å². The van der Waals surface area contributed by atoms with Gasteiger partial charge in [-0.15, -0.1) is 5.10 Å². The van der Waals surface area contributed by atoms with E-state index in [4.69, 9.17) is 11.6 Å². The molecule has 0 atom stereocenters. The highest BCUT2D eigenvalue weighted by molar-refractivity contribution is 7.99. The predicted octanol–water partition coefficient (Wildman–Crippen LogP) is -0.361. The minimum atomic E-state index is -0.137. The molecule has 1 aromatic heterocycles. The van der Waals surface area contributed by atoms with Crippen LogP contribution in [0.2, 0.25) is 0 Å². The van der Waals surface area contributed by atoms with Crippen molar-refractivity contribution < 1.29 is 4.79 Å². The van der Waals surface area contributed by atoms with Crippen molar-refractivity contribution in [1.82, 2.24) is 20.6 Å². The lowest BCUT2D eigenvalue weighted by atomic mass is 10.2. The monoisotopic (exact) mass is 230 g/mol. The van der Waals surface area contributed by atoms with Gasteiger partial charge in [0.05, 0.1) is 0 Å². The van der Waals surface area contributed by atoms with E-state index < -0.39 is 0 Å². The molecule has 0 fully saturated rings. The maximum atomic E-state index is 10.8. The number of nitrogen functional groups attached to an aromatic ring is 1. The summed E-state index contributed by atoms with van der Waals surface area (Å²) in [4.78, 5) is 14.7. The topological polar surface area (TPSA) is 123 Å². The van der Waals surface area contributed by atoms with E-state index in [0.717, 1.165) is 18.6 Å². The number of anilines is 1. The molecule has 6 N–H and O–H groups in total. The Balaban J connectivity index is 2.05. The van der Waals surface area contributed by atoms with Gasteiger partial charge in [-0.05, 0) is 12.8 Å². The van der Waals surface area contributed by atoms with Crippen molar-refractivity contribution in [2.24, 2.45) is 5.84 Å².